The number of hydrogen-bond acceptors (Lipinski definition) is 4. The monoisotopic (exact) mass is 401 g/mol. The highest BCUT2D eigenvalue weighted by molar-refractivity contribution is 5.26. The van der Waals surface area contributed by atoms with Gasteiger partial charge in [-0.25, -0.2) is 0 Å². The van der Waals surface area contributed by atoms with Crippen LogP contribution in [0.5, 0.6) is 0 Å². The fourth-order valence-electron chi connectivity index (χ4n) is 8.58. The summed E-state index contributed by atoms with van der Waals surface area (Å²) in [5, 5.41) is 12.2. The van der Waals surface area contributed by atoms with Crippen molar-refractivity contribution in [2.45, 2.75) is 89.3 Å². The molecule has 0 radical (unpaired) electrons. The first kappa shape index (κ1) is 20.1. The molecule has 1 heterocycles. The molecule has 0 saturated heterocycles. The van der Waals surface area contributed by atoms with Gasteiger partial charge in [0, 0.05) is 12.0 Å². The number of aliphatic hydroxyl groups is 1. The zero-order valence-corrected chi connectivity index (χ0v) is 18.2. The molecule has 0 amide bonds. The number of hydrogen-bond donors (Lipinski definition) is 2. The molecule has 1 aromatic rings. The molecule has 1 aromatic heterocycles. The largest absolute Gasteiger partial charge is 0.472 e. The second-order valence-corrected chi connectivity index (χ2v) is 11.1. The van der Waals surface area contributed by atoms with E-state index in [-0.39, 0.29) is 5.41 Å². The van der Waals surface area contributed by atoms with Gasteiger partial charge in [0.15, 0.2) is 0 Å². The molecule has 29 heavy (non-hydrogen) atoms. The summed E-state index contributed by atoms with van der Waals surface area (Å²) in [6.45, 7) is 6.22. The zero-order chi connectivity index (χ0) is 20.3. The van der Waals surface area contributed by atoms with E-state index in [9.17, 15) is 5.11 Å². The summed E-state index contributed by atoms with van der Waals surface area (Å²) in [6.07, 6.45) is 14.5. The molecule has 5 rings (SSSR count). The van der Waals surface area contributed by atoms with E-state index in [1.54, 1.807) is 6.26 Å². The van der Waals surface area contributed by atoms with Crippen molar-refractivity contribution in [2.75, 3.05) is 13.2 Å². The SMILES string of the molecule is C[C@]12CC[C@H](OCCN)C[C@H]1CC[C@@H]1[C@@H]2CC[C@]2(C)[C@@H](c3ccoc3)CC[C@]12O. The van der Waals surface area contributed by atoms with Crippen molar-refractivity contribution in [1.29, 1.82) is 0 Å². The molecular weight excluding hydrogens is 362 g/mol. The Kier molecular flexibility index (Phi) is 4.92. The first-order chi connectivity index (χ1) is 13.9. The molecule has 0 spiro atoms. The van der Waals surface area contributed by atoms with Crippen molar-refractivity contribution in [2.24, 2.45) is 34.3 Å². The summed E-state index contributed by atoms with van der Waals surface area (Å²) in [5.74, 6) is 2.26. The van der Waals surface area contributed by atoms with Crippen molar-refractivity contribution >= 4 is 0 Å². The van der Waals surface area contributed by atoms with E-state index in [0.717, 1.165) is 31.6 Å². The molecule has 4 aliphatic carbocycles. The maximum absolute atomic E-state index is 12.2. The van der Waals surface area contributed by atoms with Crippen molar-refractivity contribution in [1.82, 2.24) is 0 Å². The first-order valence-corrected chi connectivity index (χ1v) is 12.0. The van der Waals surface area contributed by atoms with Crippen LogP contribution in [0.25, 0.3) is 0 Å². The highest BCUT2D eigenvalue weighted by Gasteiger charge is 2.67. The van der Waals surface area contributed by atoms with Crippen LogP contribution in [0.3, 0.4) is 0 Å². The highest BCUT2D eigenvalue weighted by atomic mass is 16.5. The van der Waals surface area contributed by atoms with Gasteiger partial charge in [0.1, 0.15) is 0 Å². The van der Waals surface area contributed by atoms with Crippen molar-refractivity contribution < 1.29 is 14.3 Å². The van der Waals surface area contributed by atoms with E-state index in [4.69, 9.17) is 14.9 Å². The molecule has 4 nitrogen and oxygen atoms in total. The van der Waals surface area contributed by atoms with Gasteiger partial charge in [0.2, 0.25) is 0 Å². The zero-order valence-electron chi connectivity index (χ0n) is 18.2. The summed E-state index contributed by atoms with van der Waals surface area (Å²) >= 11 is 0. The van der Waals surface area contributed by atoms with E-state index in [2.05, 4.69) is 19.9 Å². The third-order valence-electron chi connectivity index (χ3n) is 10.2. The van der Waals surface area contributed by atoms with Crippen molar-refractivity contribution in [3.05, 3.63) is 24.2 Å². The summed E-state index contributed by atoms with van der Waals surface area (Å²) in [5.41, 5.74) is 6.75. The molecule has 0 aliphatic heterocycles. The van der Waals surface area contributed by atoms with Crippen LogP contribution in [-0.4, -0.2) is 30.0 Å². The minimum absolute atomic E-state index is 0.0251. The molecule has 8 atom stereocenters. The van der Waals surface area contributed by atoms with Crippen LogP contribution in [0.2, 0.25) is 0 Å². The van der Waals surface area contributed by atoms with Gasteiger partial charge in [-0.05, 0) is 98.5 Å². The lowest BCUT2D eigenvalue weighted by Crippen LogP contribution is -2.62. The standard InChI is InChI=1S/C25H39NO3/c1-23-9-5-19(29-14-12-26)15-18(23)3-4-22-21(23)6-10-24(2)20(7-11-25(22,24)27)17-8-13-28-16-17/h8,13,16,18-22,27H,3-7,9-12,14-15,26H2,1-2H3/t18-,19+,20-,21+,22-,23+,24-,25+/m1/s1. The molecule has 4 fully saturated rings. The Morgan fingerprint density at radius 1 is 1.10 bits per heavy atom. The highest BCUT2D eigenvalue weighted by Crippen LogP contribution is 2.70. The van der Waals surface area contributed by atoms with Gasteiger partial charge >= 0.3 is 0 Å². The maximum Gasteiger partial charge on any atom is 0.0937 e. The van der Waals surface area contributed by atoms with Gasteiger partial charge in [-0.2, -0.15) is 0 Å². The lowest BCUT2D eigenvalue weighted by Gasteiger charge is -2.63. The molecular formula is C25H39NO3. The van der Waals surface area contributed by atoms with Crippen LogP contribution in [0.1, 0.15) is 83.1 Å². The molecule has 162 valence electrons. The summed E-state index contributed by atoms with van der Waals surface area (Å²) < 4.78 is 11.5. The van der Waals surface area contributed by atoms with Gasteiger partial charge in [-0.3, -0.25) is 0 Å². The fourth-order valence-corrected chi connectivity index (χ4v) is 8.58. The molecule has 3 N–H and O–H groups in total. The number of nitrogens with two attached hydrogens (primary N) is 1. The average molecular weight is 402 g/mol. The predicted octanol–water partition coefficient (Wildman–Crippen LogP) is 4.86. The van der Waals surface area contributed by atoms with Crippen LogP contribution < -0.4 is 5.73 Å². The molecule has 4 heteroatoms. The second-order valence-electron chi connectivity index (χ2n) is 11.1. The first-order valence-electron chi connectivity index (χ1n) is 12.0. The van der Waals surface area contributed by atoms with Gasteiger partial charge in [-0.15, -0.1) is 0 Å². The van der Waals surface area contributed by atoms with Crippen LogP contribution in [0.15, 0.2) is 23.0 Å². The van der Waals surface area contributed by atoms with Gasteiger partial charge in [0.05, 0.1) is 30.8 Å². The maximum atomic E-state index is 12.2. The van der Waals surface area contributed by atoms with Crippen LogP contribution >= 0.6 is 0 Å². The minimum atomic E-state index is -0.529. The minimum Gasteiger partial charge on any atom is -0.472 e. The number of ether oxygens (including phenoxy) is 1. The van der Waals surface area contributed by atoms with Crippen molar-refractivity contribution in [3.63, 3.8) is 0 Å². The lowest BCUT2D eigenvalue weighted by atomic mass is 9.43. The Balaban J connectivity index is 1.39. The quantitative estimate of drug-likeness (QED) is 0.756. The normalized spacial score (nSPS) is 49.3. The average Bonchev–Trinajstić information content (AvgIpc) is 3.32. The van der Waals surface area contributed by atoms with E-state index in [1.807, 2.05) is 6.26 Å². The predicted molar refractivity (Wildman–Crippen MR) is 113 cm³/mol. The van der Waals surface area contributed by atoms with E-state index < -0.39 is 5.60 Å². The van der Waals surface area contributed by atoms with Gasteiger partial charge in [-0.1, -0.05) is 13.8 Å². The number of rotatable bonds is 4. The molecule has 0 unspecified atom stereocenters. The number of fused-ring (bicyclic) bond motifs is 5. The van der Waals surface area contributed by atoms with Crippen LogP contribution in [0.4, 0.5) is 0 Å². The second kappa shape index (κ2) is 7.10. The molecule has 4 saturated carbocycles. The third kappa shape index (κ3) is 2.81. The topological polar surface area (TPSA) is 68.6 Å². The fraction of sp³-hybridized carbons (Fsp3) is 0.840. The Hall–Kier alpha value is -0.840. The smallest absolute Gasteiger partial charge is 0.0937 e. The van der Waals surface area contributed by atoms with Crippen LogP contribution in [0, 0.1) is 28.6 Å². The Labute approximate surface area is 175 Å². The third-order valence-corrected chi connectivity index (χ3v) is 10.2. The molecule has 0 bridgehead atoms. The number of furan rings is 1. The molecule has 4 aliphatic rings. The summed E-state index contributed by atoms with van der Waals surface area (Å²) in [7, 11) is 0. The Morgan fingerprint density at radius 2 is 1.97 bits per heavy atom. The summed E-state index contributed by atoms with van der Waals surface area (Å²) in [4.78, 5) is 0. The van der Waals surface area contributed by atoms with E-state index in [1.165, 1.54) is 37.7 Å². The molecule has 0 aromatic carbocycles. The Morgan fingerprint density at radius 3 is 2.72 bits per heavy atom. The Bertz CT molecular complexity index is 720. The van der Waals surface area contributed by atoms with E-state index in [0.29, 0.717) is 42.4 Å². The van der Waals surface area contributed by atoms with Gasteiger partial charge < -0.3 is 20.0 Å². The van der Waals surface area contributed by atoms with E-state index >= 15 is 0 Å². The lowest BCUT2D eigenvalue weighted by molar-refractivity contribution is -0.207. The van der Waals surface area contributed by atoms with Crippen LogP contribution in [-0.2, 0) is 4.74 Å². The summed E-state index contributed by atoms with van der Waals surface area (Å²) in [6, 6.07) is 2.12. The van der Waals surface area contributed by atoms with Crippen molar-refractivity contribution in [3.8, 4) is 0 Å². The van der Waals surface area contributed by atoms with Gasteiger partial charge in [0.25, 0.3) is 0 Å².